The van der Waals surface area contributed by atoms with E-state index in [2.05, 4.69) is 162 Å². The Kier molecular flexibility index (Phi) is 26.4. The Labute approximate surface area is 548 Å². The molecule has 0 amide bonds. The lowest BCUT2D eigenvalue weighted by Gasteiger charge is -2.03. The summed E-state index contributed by atoms with van der Waals surface area (Å²) in [6.45, 7) is 14.4. The van der Waals surface area contributed by atoms with Crippen molar-refractivity contribution in [2.45, 2.75) is 48.5 Å². The summed E-state index contributed by atoms with van der Waals surface area (Å²) in [6.07, 6.45) is 9.25. The first kappa shape index (κ1) is 67.5. The fourth-order valence-electron chi connectivity index (χ4n) is 9.47. The molecule has 0 aliphatic rings. The summed E-state index contributed by atoms with van der Waals surface area (Å²) in [6, 6.07) is 101. The second-order valence-corrected chi connectivity index (χ2v) is 22.0. The SMILES string of the molecule is Cc1ccc(-c2ccc(F)cc2)cc1.Cc1ccc(-c2cccc(F)c2)cc1.Cc1ccc(-c2ccccc2)nc1.Cc1cccc(-c2ccccc2)n1.Cc1ccccc1-c1cccnc1.Cc1cccnc1-c1ccccc1.Cc1ccnc(-c2ccccc2)c1. The summed E-state index contributed by atoms with van der Waals surface area (Å²) in [5.41, 5.74) is 23.9. The highest BCUT2D eigenvalue weighted by molar-refractivity contribution is 5.67. The van der Waals surface area contributed by atoms with Crippen molar-refractivity contribution in [3.05, 3.63) is 391 Å². The molecule has 460 valence electrons. The third kappa shape index (κ3) is 22.5. The number of hydrogen-bond acceptors (Lipinski definition) is 5. The van der Waals surface area contributed by atoms with Gasteiger partial charge in [-0.15, -0.1) is 0 Å². The lowest BCUT2D eigenvalue weighted by atomic mass is 10.0. The zero-order valence-electron chi connectivity index (χ0n) is 53.8. The predicted octanol–water partition coefficient (Wildman–Crippen LogP) is 22.9. The van der Waals surface area contributed by atoms with Gasteiger partial charge in [0.25, 0.3) is 0 Å². The number of halogens is 2. The molecule has 0 saturated carbocycles. The number of pyridine rings is 5. The molecule has 0 N–H and O–H groups in total. The second-order valence-electron chi connectivity index (χ2n) is 22.0. The lowest BCUT2D eigenvalue weighted by molar-refractivity contribution is 0.627. The van der Waals surface area contributed by atoms with Gasteiger partial charge in [-0.2, -0.15) is 0 Å². The van der Waals surface area contributed by atoms with E-state index in [0.29, 0.717) is 0 Å². The molecular weight excluding hydrogens is 1140 g/mol. The highest BCUT2D eigenvalue weighted by Crippen LogP contribution is 2.25. The number of hydrogen-bond donors (Lipinski definition) is 0. The molecule has 0 spiro atoms. The van der Waals surface area contributed by atoms with E-state index in [4.69, 9.17) is 0 Å². The topological polar surface area (TPSA) is 64.5 Å². The zero-order valence-corrected chi connectivity index (χ0v) is 53.8. The van der Waals surface area contributed by atoms with Gasteiger partial charge in [-0.05, 0) is 165 Å². The van der Waals surface area contributed by atoms with E-state index in [1.54, 1.807) is 30.5 Å². The maximum absolute atomic E-state index is 12.9. The molecule has 0 radical (unpaired) electrons. The lowest BCUT2D eigenvalue weighted by Crippen LogP contribution is -1.85. The first-order valence-electron chi connectivity index (χ1n) is 30.9. The van der Waals surface area contributed by atoms with E-state index in [1.165, 1.54) is 85.0 Å². The van der Waals surface area contributed by atoms with Crippen LogP contribution in [-0.4, -0.2) is 24.9 Å². The maximum Gasteiger partial charge on any atom is 0.123 e. The third-order valence-corrected chi connectivity index (χ3v) is 14.5. The van der Waals surface area contributed by atoms with Crippen LogP contribution in [0.15, 0.2) is 340 Å². The maximum atomic E-state index is 12.9. The van der Waals surface area contributed by atoms with Crippen LogP contribution < -0.4 is 0 Å². The summed E-state index contributed by atoms with van der Waals surface area (Å²) >= 11 is 0. The minimum Gasteiger partial charge on any atom is -0.264 e. The molecular formula is C86H77F2N5. The Morgan fingerprint density at radius 2 is 0.731 bits per heavy atom. The summed E-state index contributed by atoms with van der Waals surface area (Å²) in [4.78, 5) is 21.6. The Morgan fingerprint density at radius 3 is 1.26 bits per heavy atom. The van der Waals surface area contributed by atoms with Gasteiger partial charge < -0.3 is 0 Å². The molecule has 0 unspecified atom stereocenters. The van der Waals surface area contributed by atoms with Crippen LogP contribution in [0.1, 0.15) is 39.1 Å². The number of rotatable bonds is 7. The van der Waals surface area contributed by atoms with Crippen LogP contribution in [0, 0.1) is 60.1 Å². The van der Waals surface area contributed by atoms with Crippen LogP contribution in [-0.2, 0) is 0 Å². The molecule has 7 heteroatoms. The molecule has 93 heavy (non-hydrogen) atoms. The quantitative estimate of drug-likeness (QED) is 0.159. The van der Waals surface area contributed by atoms with Crippen molar-refractivity contribution >= 4 is 0 Å². The molecule has 14 rings (SSSR count). The molecule has 0 atom stereocenters. The third-order valence-electron chi connectivity index (χ3n) is 14.5. The summed E-state index contributed by atoms with van der Waals surface area (Å²) < 4.78 is 25.6. The summed E-state index contributed by atoms with van der Waals surface area (Å²) in [7, 11) is 0. The van der Waals surface area contributed by atoms with E-state index in [1.807, 2.05) is 203 Å². The molecule has 0 aliphatic carbocycles. The van der Waals surface area contributed by atoms with Crippen LogP contribution in [0.3, 0.4) is 0 Å². The van der Waals surface area contributed by atoms with Crippen molar-refractivity contribution in [3.8, 4) is 78.4 Å². The monoisotopic (exact) mass is 1220 g/mol. The Hall–Kier alpha value is -11.4. The van der Waals surface area contributed by atoms with Crippen molar-refractivity contribution in [2.24, 2.45) is 0 Å². The highest BCUT2D eigenvalue weighted by atomic mass is 19.1. The van der Waals surface area contributed by atoms with Gasteiger partial charge in [-0.25, -0.2) is 8.78 Å². The molecule has 0 saturated heterocycles. The fourth-order valence-corrected chi connectivity index (χ4v) is 9.47. The van der Waals surface area contributed by atoms with E-state index in [9.17, 15) is 8.78 Å². The number of aryl methyl sites for hydroxylation is 7. The Bertz CT molecular complexity index is 4210. The Balaban J connectivity index is 0.000000139. The van der Waals surface area contributed by atoms with E-state index in [-0.39, 0.29) is 11.6 Å². The van der Waals surface area contributed by atoms with Crippen LogP contribution >= 0.6 is 0 Å². The van der Waals surface area contributed by atoms with Gasteiger partial charge in [-0.1, -0.05) is 254 Å². The normalized spacial score (nSPS) is 9.99. The molecule has 0 fully saturated rings. The van der Waals surface area contributed by atoms with Crippen molar-refractivity contribution in [1.82, 2.24) is 24.9 Å². The first-order valence-corrected chi connectivity index (χ1v) is 30.9. The van der Waals surface area contributed by atoms with Crippen molar-refractivity contribution in [3.63, 3.8) is 0 Å². The highest BCUT2D eigenvalue weighted by Gasteiger charge is 2.04. The standard InChI is InChI=1S/2C13H11F.5C12H11N/c1-10-2-4-11(5-3-10)12-6-8-13(14)9-7-12;1-10-5-7-11(8-6-10)12-3-2-4-13(14)9-12;1-10-5-2-3-7-12(10)11-6-4-8-13-9-11;1-10-6-5-9-13-12(10)11-7-3-2-4-8-11;1-10-6-5-9-12(13-10)11-7-3-2-4-8-11;1-10-7-8-13-12(9-10)11-5-3-2-4-6-11;1-10-7-8-12(13-9-10)11-5-3-2-4-6-11/h2*2-9H,1H3;5*2-9H,1H3. The number of benzene rings is 9. The van der Waals surface area contributed by atoms with Crippen molar-refractivity contribution in [1.29, 1.82) is 0 Å². The van der Waals surface area contributed by atoms with E-state index in [0.717, 1.165) is 50.7 Å². The van der Waals surface area contributed by atoms with Gasteiger partial charge in [0, 0.05) is 64.5 Å². The van der Waals surface area contributed by atoms with Gasteiger partial charge in [-0.3, -0.25) is 24.9 Å². The predicted molar refractivity (Wildman–Crippen MR) is 385 cm³/mol. The summed E-state index contributed by atoms with van der Waals surface area (Å²) in [5.74, 6) is -0.385. The van der Waals surface area contributed by atoms with Gasteiger partial charge in [0.1, 0.15) is 11.6 Å². The van der Waals surface area contributed by atoms with E-state index >= 15 is 0 Å². The average Bonchev–Trinajstić information content (AvgIpc) is 2.93. The number of aromatic nitrogens is 5. The Morgan fingerprint density at radius 1 is 0.247 bits per heavy atom. The molecule has 9 aromatic carbocycles. The van der Waals surface area contributed by atoms with Gasteiger partial charge >= 0.3 is 0 Å². The minimum absolute atomic E-state index is 0.192. The van der Waals surface area contributed by atoms with Crippen molar-refractivity contribution < 1.29 is 8.78 Å². The molecule has 5 nitrogen and oxygen atoms in total. The second kappa shape index (κ2) is 36.3. The smallest absolute Gasteiger partial charge is 0.123 e. The van der Waals surface area contributed by atoms with Crippen LogP contribution in [0.2, 0.25) is 0 Å². The number of nitrogens with zero attached hydrogens (tertiary/aromatic N) is 5. The van der Waals surface area contributed by atoms with Gasteiger partial charge in [0.15, 0.2) is 0 Å². The fraction of sp³-hybridized carbons (Fsp3) is 0.0814. The summed E-state index contributed by atoms with van der Waals surface area (Å²) in [5, 5.41) is 0. The average molecular weight is 1220 g/mol. The van der Waals surface area contributed by atoms with Crippen LogP contribution in [0.5, 0.6) is 0 Å². The first-order chi connectivity index (χ1) is 45.3. The minimum atomic E-state index is -0.194. The van der Waals surface area contributed by atoms with Crippen LogP contribution in [0.4, 0.5) is 8.78 Å². The molecule has 0 aliphatic heterocycles. The van der Waals surface area contributed by atoms with Gasteiger partial charge in [0.05, 0.1) is 22.8 Å². The molecule has 5 aromatic heterocycles. The van der Waals surface area contributed by atoms with Crippen molar-refractivity contribution in [2.75, 3.05) is 0 Å². The largest absolute Gasteiger partial charge is 0.264 e. The van der Waals surface area contributed by atoms with Gasteiger partial charge in [0.2, 0.25) is 0 Å². The van der Waals surface area contributed by atoms with E-state index < -0.39 is 0 Å². The molecule has 5 heterocycles. The zero-order chi connectivity index (χ0) is 65.4. The molecule has 14 aromatic rings. The van der Waals surface area contributed by atoms with Crippen LogP contribution in [0.25, 0.3) is 78.4 Å². The molecule has 0 bridgehead atoms.